The zero-order valence-corrected chi connectivity index (χ0v) is 10.0. The Labute approximate surface area is 92.2 Å². The van der Waals surface area contributed by atoms with Crippen LogP contribution in [-0.4, -0.2) is 34.3 Å². The molecule has 4 nitrogen and oxygen atoms in total. The fraction of sp³-hybridized carbons (Fsp3) is 0.800. The number of nitrogens with one attached hydrogen (secondary N) is 2. The molecule has 0 radical (unpaired) electrons. The van der Waals surface area contributed by atoms with Crippen molar-refractivity contribution >= 4 is 10.0 Å². The van der Waals surface area contributed by atoms with Crippen molar-refractivity contribution in [2.24, 2.45) is 5.92 Å². The first-order valence-corrected chi connectivity index (χ1v) is 7.06. The van der Waals surface area contributed by atoms with E-state index in [2.05, 4.69) is 22.2 Å². The van der Waals surface area contributed by atoms with Gasteiger partial charge in [-0.3, -0.25) is 0 Å². The highest BCUT2D eigenvalue weighted by Gasteiger charge is 2.14. The molecule has 88 valence electrons. The van der Waals surface area contributed by atoms with E-state index in [1.165, 1.54) is 0 Å². The third kappa shape index (κ3) is 5.30. The molecule has 0 bridgehead atoms. The Morgan fingerprint density at radius 2 is 2.20 bits per heavy atom. The van der Waals surface area contributed by atoms with Crippen molar-refractivity contribution in [3.8, 4) is 0 Å². The Balaban J connectivity index is 2.26. The second-order valence-electron chi connectivity index (χ2n) is 3.92. The molecule has 1 atom stereocenters. The first kappa shape index (κ1) is 12.7. The molecule has 0 spiro atoms. The number of hydrogen-bond acceptors (Lipinski definition) is 3. The van der Waals surface area contributed by atoms with E-state index in [1.807, 2.05) is 0 Å². The van der Waals surface area contributed by atoms with Crippen molar-refractivity contribution in [3.63, 3.8) is 0 Å². The SMILES string of the molecule is CNCCS(=O)(=O)NCC1CC=CCC1. The zero-order chi connectivity index (χ0) is 11.1. The van der Waals surface area contributed by atoms with Crippen molar-refractivity contribution in [2.75, 3.05) is 25.9 Å². The maximum absolute atomic E-state index is 11.5. The van der Waals surface area contributed by atoms with Crippen LogP contribution >= 0.6 is 0 Å². The summed E-state index contributed by atoms with van der Waals surface area (Å²) in [7, 11) is -1.33. The standard InChI is InChI=1S/C10H20N2O2S/c1-11-7-8-15(13,14)12-9-10-5-3-2-4-6-10/h2-3,10-12H,4-9H2,1H3. The van der Waals surface area contributed by atoms with Crippen molar-refractivity contribution in [1.29, 1.82) is 0 Å². The molecule has 15 heavy (non-hydrogen) atoms. The smallest absolute Gasteiger partial charge is 0.212 e. The van der Waals surface area contributed by atoms with Gasteiger partial charge >= 0.3 is 0 Å². The molecule has 1 aliphatic rings. The fourth-order valence-electron chi connectivity index (χ4n) is 1.60. The van der Waals surface area contributed by atoms with E-state index >= 15 is 0 Å². The van der Waals surface area contributed by atoms with Gasteiger partial charge in [0.1, 0.15) is 0 Å². The van der Waals surface area contributed by atoms with Crippen LogP contribution in [-0.2, 0) is 10.0 Å². The molecule has 5 heteroatoms. The predicted molar refractivity (Wildman–Crippen MR) is 62.2 cm³/mol. The summed E-state index contributed by atoms with van der Waals surface area (Å²) in [4.78, 5) is 0. The van der Waals surface area contributed by atoms with Crippen LogP contribution in [0.4, 0.5) is 0 Å². The van der Waals surface area contributed by atoms with Gasteiger partial charge in [-0.1, -0.05) is 12.2 Å². The van der Waals surface area contributed by atoms with E-state index in [4.69, 9.17) is 0 Å². The first-order valence-electron chi connectivity index (χ1n) is 5.41. The van der Waals surface area contributed by atoms with Gasteiger partial charge in [0.05, 0.1) is 5.75 Å². The van der Waals surface area contributed by atoms with Gasteiger partial charge in [-0.05, 0) is 32.2 Å². The summed E-state index contributed by atoms with van der Waals surface area (Å²) >= 11 is 0. The molecule has 0 aromatic rings. The highest BCUT2D eigenvalue weighted by molar-refractivity contribution is 7.89. The highest BCUT2D eigenvalue weighted by atomic mass is 32.2. The van der Waals surface area contributed by atoms with E-state index in [9.17, 15) is 8.42 Å². The average molecular weight is 232 g/mol. The van der Waals surface area contributed by atoms with Gasteiger partial charge in [-0.15, -0.1) is 0 Å². The predicted octanol–water partition coefficient (Wildman–Crippen LogP) is 0.481. The molecule has 0 aromatic carbocycles. The molecule has 0 amide bonds. The average Bonchev–Trinajstić information content (AvgIpc) is 2.25. The number of sulfonamides is 1. The van der Waals surface area contributed by atoms with Crippen LogP contribution < -0.4 is 10.0 Å². The van der Waals surface area contributed by atoms with E-state index < -0.39 is 10.0 Å². The quantitative estimate of drug-likeness (QED) is 0.655. The molecule has 1 unspecified atom stereocenters. The van der Waals surface area contributed by atoms with E-state index in [1.54, 1.807) is 7.05 Å². The molecule has 1 aliphatic carbocycles. The molecular weight excluding hydrogens is 212 g/mol. The van der Waals surface area contributed by atoms with Gasteiger partial charge in [0.25, 0.3) is 0 Å². The number of allylic oxidation sites excluding steroid dienone is 2. The lowest BCUT2D eigenvalue weighted by molar-refractivity contribution is 0.468. The van der Waals surface area contributed by atoms with Gasteiger partial charge in [0.2, 0.25) is 10.0 Å². The van der Waals surface area contributed by atoms with Crippen LogP contribution in [0, 0.1) is 5.92 Å². The highest BCUT2D eigenvalue weighted by Crippen LogP contribution is 2.17. The maximum Gasteiger partial charge on any atom is 0.212 e. The molecule has 0 heterocycles. The second-order valence-corrected chi connectivity index (χ2v) is 5.85. The second kappa shape index (κ2) is 6.25. The van der Waals surface area contributed by atoms with Crippen LogP contribution in [0.1, 0.15) is 19.3 Å². The van der Waals surface area contributed by atoms with E-state index in [-0.39, 0.29) is 5.75 Å². The normalized spacial score (nSPS) is 21.8. The van der Waals surface area contributed by atoms with E-state index in [0.717, 1.165) is 19.3 Å². The summed E-state index contributed by atoms with van der Waals surface area (Å²) in [6.07, 6.45) is 7.45. The Kier molecular flexibility index (Phi) is 5.28. The number of rotatable bonds is 6. The van der Waals surface area contributed by atoms with E-state index in [0.29, 0.717) is 19.0 Å². The Morgan fingerprint density at radius 3 is 2.80 bits per heavy atom. The fourth-order valence-corrected chi connectivity index (χ4v) is 2.70. The third-order valence-corrected chi connectivity index (χ3v) is 3.94. The van der Waals surface area contributed by atoms with Crippen molar-refractivity contribution < 1.29 is 8.42 Å². The summed E-state index contributed by atoms with van der Waals surface area (Å²) < 4.78 is 25.6. The summed E-state index contributed by atoms with van der Waals surface area (Å²) in [5, 5.41) is 2.83. The van der Waals surface area contributed by atoms with Crippen LogP contribution in [0.5, 0.6) is 0 Å². The van der Waals surface area contributed by atoms with Crippen LogP contribution in [0.3, 0.4) is 0 Å². The molecule has 0 aliphatic heterocycles. The van der Waals surface area contributed by atoms with Gasteiger partial charge in [-0.2, -0.15) is 0 Å². The molecular formula is C10H20N2O2S. The molecule has 0 aromatic heterocycles. The topological polar surface area (TPSA) is 58.2 Å². The lowest BCUT2D eigenvalue weighted by Crippen LogP contribution is -2.34. The summed E-state index contributed by atoms with van der Waals surface area (Å²) in [5.41, 5.74) is 0. The molecule has 1 rings (SSSR count). The van der Waals surface area contributed by atoms with Crippen molar-refractivity contribution in [1.82, 2.24) is 10.0 Å². The maximum atomic E-state index is 11.5. The van der Waals surface area contributed by atoms with Crippen LogP contribution in [0.2, 0.25) is 0 Å². The van der Waals surface area contributed by atoms with Gasteiger partial charge < -0.3 is 5.32 Å². The van der Waals surface area contributed by atoms with Gasteiger partial charge in [-0.25, -0.2) is 13.1 Å². The lowest BCUT2D eigenvalue weighted by atomic mass is 9.95. The largest absolute Gasteiger partial charge is 0.319 e. The summed E-state index contributed by atoms with van der Waals surface area (Å²) in [6.45, 7) is 1.08. The van der Waals surface area contributed by atoms with Crippen LogP contribution in [0.15, 0.2) is 12.2 Å². The molecule has 0 fully saturated rings. The van der Waals surface area contributed by atoms with Crippen LogP contribution in [0.25, 0.3) is 0 Å². The zero-order valence-electron chi connectivity index (χ0n) is 9.20. The summed E-state index contributed by atoms with van der Waals surface area (Å²) in [6, 6.07) is 0. The van der Waals surface area contributed by atoms with Crippen molar-refractivity contribution in [2.45, 2.75) is 19.3 Å². The summed E-state index contributed by atoms with van der Waals surface area (Å²) in [5.74, 6) is 0.630. The first-order chi connectivity index (χ1) is 7.14. The van der Waals surface area contributed by atoms with Gasteiger partial charge in [0, 0.05) is 13.1 Å². The Hall–Kier alpha value is -0.390. The minimum Gasteiger partial charge on any atom is -0.319 e. The minimum atomic E-state index is -3.08. The minimum absolute atomic E-state index is 0.159. The third-order valence-electron chi connectivity index (χ3n) is 2.59. The Bertz CT molecular complexity index is 299. The van der Waals surface area contributed by atoms with Gasteiger partial charge in [0.15, 0.2) is 0 Å². The molecule has 2 N–H and O–H groups in total. The molecule has 0 saturated heterocycles. The molecule has 0 saturated carbocycles. The number of hydrogen-bond donors (Lipinski definition) is 2. The lowest BCUT2D eigenvalue weighted by Gasteiger charge is -2.18. The Morgan fingerprint density at radius 1 is 1.40 bits per heavy atom. The monoisotopic (exact) mass is 232 g/mol. The van der Waals surface area contributed by atoms with Crippen molar-refractivity contribution in [3.05, 3.63) is 12.2 Å².